The summed E-state index contributed by atoms with van der Waals surface area (Å²) in [5.41, 5.74) is 8.93. The van der Waals surface area contributed by atoms with Crippen molar-refractivity contribution in [2.45, 2.75) is 19.9 Å². The molecule has 0 radical (unpaired) electrons. The molecule has 0 spiro atoms. The molecule has 2 rings (SSSR count). The van der Waals surface area contributed by atoms with Gasteiger partial charge in [0.25, 0.3) is 0 Å². The van der Waals surface area contributed by atoms with Gasteiger partial charge in [-0.05, 0) is 36.2 Å². The van der Waals surface area contributed by atoms with Gasteiger partial charge in [-0.15, -0.1) is 0 Å². The van der Waals surface area contributed by atoms with E-state index >= 15 is 0 Å². The van der Waals surface area contributed by atoms with E-state index in [0.29, 0.717) is 0 Å². The van der Waals surface area contributed by atoms with Crippen molar-refractivity contribution in [3.05, 3.63) is 59.1 Å². The van der Waals surface area contributed by atoms with E-state index in [1.807, 2.05) is 36.4 Å². The molecular weight excluding hydrogens is 256 g/mol. The molecule has 0 aromatic heterocycles. The van der Waals surface area contributed by atoms with Crippen LogP contribution in [-0.4, -0.2) is 6.54 Å². The third-order valence-corrected chi connectivity index (χ3v) is 3.42. The Kier molecular flexibility index (Phi) is 4.69. The van der Waals surface area contributed by atoms with Crippen molar-refractivity contribution in [3.8, 4) is 0 Å². The van der Waals surface area contributed by atoms with Crippen molar-refractivity contribution in [2.75, 3.05) is 17.2 Å². The van der Waals surface area contributed by atoms with E-state index in [1.54, 1.807) is 0 Å². The van der Waals surface area contributed by atoms with Crippen LogP contribution in [0.1, 0.15) is 18.9 Å². The number of hydrogen-bond acceptors (Lipinski definition) is 2. The molecule has 2 aromatic rings. The largest absolute Gasteiger partial charge is 0.399 e. The quantitative estimate of drug-likeness (QED) is 0.822. The zero-order valence-corrected chi connectivity index (χ0v) is 11.9. The molecule has 0 amide bonds. The summed E-state index contributed by atoms with van der Waals surface area (Å²) in [6.07, 6.45) is 1.08. The van der Waals surface area contributed by atoms with Crippen LogP contribution < -0.4 is 10.6 Å². The van der Waals surface area contributed by atoms with Crippen molar-refractivity contribution in [2.24, 2.45) is 0 Å². The summed E-state index contributed by atoms with van der Waals surface area (Å²) < 4.78 is 0. The number of halogens is 1. The van der Waals surface area contributed by atoms with Gasteiger partial charge < -0.3 is 10.6 Å². The number of benzene rings is 2. The summed E-state index contributed by atoms with van der Waals surface area (Å²) in [7, 11) is 0. The van der Waals surface area contributed by atoms with Crippen LogP contribution in [-0.2, 0) is 6.54 Å². The lowest BCUT2D eigenvalue weighted by Gasteiger charge is -2.25. The first kappa shape index (κ1) is 13.8. The van der Waals surface area contributed by atoms with Gasteiger partial charge in [0.05, 0.1) is 0 Å². The fourth-order valence-corrected chi connectivity index (χ4v) is 2.32. The van der Waals surface area contributed by atoms with Crippen LogP contribution in [0, 0.1) is 0 Å². The fraction of sp³-hybridized carbons (Fsp3) is 0.250. The molecule has 0 aliphatic carbocycles. The first-order chi connectivity index (χ1) is 9.20. The Morgan fingerprint density at radius 1 is 1.11 bits per heavy atom. The monoisotopic (exact) mass is 274 g/mol. The average Bonchev–Trinajstić information content (AvgIpc) is 2.40. The molecule has 3 heteroatoms. The van der Waals surface area contributed by atoms with E-state index in [4.69, 9.17) is 17.3 Å². The number of nitrogen functional groups attached to an aromatic ring is 1. The predicted molar refractivity (Wildman–Crippen MR) is 83.6 cm³/mol. The summed E-state index contributed by atoms with van der Waals surface area (Å²) in [6, 6.07) is 16.0. The SMILES string of the molecule is CCCN(Cc1ccccc1Cl)c1cccc(N)c1. The maximum atomic E-state index is 6.24. The maximum Gasteiger partial charge on any atom is 0.0455 e. The standard InChI is InChI=1S/C16H19ClN2/c1-2-10-19(15-8-5-7-14(18)11-15)12-13-6-3-4-9-16(13)17/h3-9,11H,2,10,12,18H2,1H3. The highest BCUT2D eigenvalue weighted by atomic mass is 35.5. The van der Waals surface area contributed by atoms with E-state index in [-0.39, 0.29) is 0 Å². The van der Waals surface area contributed by atoms with Crippen molar-refractivity contribution in [1.82, 2.24) is 0 Å². The highest BCUT2D eigenvalue weighted by molar-refractivity contribution is 6.31. The molecule has 2 N–H and O–H groups in total. The molecule has 0 saturated carbocycles. The molecule has 0 aliphatic rings. The smallest absolute Gasteiger partial charge is 0.0455 e. The van der Waals surface area contributed by atoms with Gasteiger partial charge in [-0.3, -0.25) is 0 Å². The van der Waals surface area contributed by atoms with Crippen LogP contribution in [0.4, 0.5) is 11.4 Å². The predicted octanol–water partition coefficient (Wildman–Crippen LogP) is 4.34. The van der Waals surface area contributed by atoms with Gasteiger partial charge in [-0.25, -0.2) is 0 Å². The van der Waals surface area contributed by atoms with Crippen molar-refractivity contribution < 1.29 is 0 Å². The highest BCUT2D eigenvalue weighted by Crippen LogP contribution is 2.23. The zero-order valence-electron chi connectivity index (χ0n) is 11.1. The number of hydrogen-bond donors (Lipinski definition) is 1. The lowest BCUT2D eigenvalue weighted by atomic mass is 10.2. The summed E-state index contributed by atoms with van der Waals surface area (Å²) in [5.74, 6) is 0. The van der Waals surface area contributed by atoms with Gasteiger partial charge in [0, 0.05) is 29.5 Å². The van der Waals surface area contributed by atoms with E-state index in [0.717, 1.165) is 41.5 Å². The van der Waals surface area contributed by atoms with E-state index in [2.05, 4.69) is 24.0 Å². The first-order valence-electron chi connectivity index (χ1n) is 6.54. The Morgan fingerprint density at radius 3 is 2.58 bits per heavy atom. The summed E-state index contributed by atoms with van der Waals surface area (Å²) >= 11 is 6.24. The third-order valence-electron chi connectivity index (χ3n) is 3.05. The lowest BCUT2D eigenvalue weighted by Crippen LogP contribution is -2.23. The minimum atomic E-state index is 0.790. The van der Waals surface area contributed by atoms with Gasteiger partial charge in [-0.1, -0.05) is 42.8 Å². The minimum absolute atomic E-state index is 0.790. The molecule has 19 heavy (non-hydrogen) atoms. The zero-order chi connectivity index (χ0) is 13.7. The van der Waals surface area contributed by atoms with Crippen LogP contribution in [0.5, 0.6) is 0 Å². The second-order valence-electron chi connectivity index (χ2n) is 4.61. The van der Waals surface area contributed by atoms with Crippen LogP contribution in [0.15, 0.2) is 48.5 Å². The Hall–Kier alpha value is -1.67. The Morgan fingerprint density at radius 2 is 1.89 bits per heavy atom. The molecular formula is C16H19ClN2. The third kappa shape index (κ3) is 3.65. The summed E-state index contributed by atoms with van der Waals surface area (Å²) in [4.78, 5) is 2.30. The fourth-order valence-electron chi connectivity index (χ4n) is 2.12. The summed E-state index contributed by atoms with van der Waals surface area (Å²) in [6.45, 7) is 3.96. The van der Waals surface area contributed by atoms with Crippen LogP contribution in [0.3, 0.4) is 0 Å². The Bertz CT molecular complexity index is 540. The van der Waals surface area contributed by atoms with Crippen molar-refractivity contribution >= 4 is 23.0 Å². The van der Waals surface area contributed by atoms with E-state index < -0.39 is 0 Å². The maximum absolute atomic E-state index is 6.24. The van der Waals surface area contributed by atoms with Crippen molar-refractivity contribution in [3.63, 3.8) is 0 Å². The number of rotatable bonds is 5. The second-order valence-corrected chi connectivity index (χ2v) is 5.02. The van der Waals surface area contributed by atoms with Gasteiger partial charge in [0.1, 0.15) is 0 Å². The summed E-state index contributed by atoms with van der Waals surface area (Å²) in [5, 5.41) is 0.813. The molecule has 0 heterocycles. The molecule has 0 fully saturated rings. The number of anilines is 2. The molecule has 2 aromatic carbocycles. The Labute approximate surface area is 119 Å². The molecule has 0 unspecified atom stereocenters. The average molecular weight is 275 g/mol. The van der Waals surface area contributed by atoms with Gasteiger partial charge in [-0.2, -0.15) is 0 Å². The van der Waals surface area contributed by atoms with Gasteiger partial charge in [0.2, 0.25) is 0 Å². The Balaban J connectivity index is 2.24. The lowest BCUT2D eigenvalue weighted by molar-refractivity contribution is 0.768. The first-order valence-corrected chi connectivity index (χ1v) is 6.92. The minimum Gasteiger partial charge on any atom is -0.399 e. The molecule has 0 bridgehead atoms. The van der Waals surface area contributed by atoms with E-state index in [1.165, 1.54) is 0 Å². The molecule has 100 valence electrons. The van der Waals surface area contributed by atoms with Crippen LogP contribution in [0.2, 0.25) is 5.02 Å². The van der Waals surface area contributed by atoms with Crippen molar-refractivity contribution in [1.29, 1.82) is 0 Å². The molecule has 0 saturated heterocycles. The van der Waals surface area contributed by atoms with Crippen LogP contribution >= 0.6 is 11.6 Å². The molecule has 2 nitrogen and oxygen atoms in total. The molecule has 0 aliphatic heterocycles. The highest BCUT2D eigenvalue weighted by Gasteiger charge is 2.08. The van der Waals surface area contributed by atoms with Gasteiger partial charge >= 0.3 is 0 Å². The normalized spacial score (nSPS) is 10.4. The number of nitrogens with zero attached hydrogens (tertiary/aromatic N) is 1. The van der Waals surface area contributed by atoms with E-state index in [9.17, 15) is 0 Å². The molecule has 0 atom stereocenters. The van der Waals surface area contributed by atoms with Gasteiger partial charge in [0.15, 0.2) is 0 Å². The van der Waals surface area contributed by atoms with Crippen LogP contribution in [0.25, 0.3) is 0 Å². The topological polar surface area (TPSA) is 29.3 Å². The second kappa shape index (κ2) is 6.48. The number of nitrogens with two attached hydrogens (primary N) is 1.